The zero-order valence-corrected chi connectivity index (χ0v) is 13.0. The molecule has 0 radical (unpaired) electrons. The van der Waals surface area contributed by atoms with E-state index in [-0.39, 0.29) is 17.9 Å². The second-order valence-electron chi connectivity index (χ2n) is 5.67. The molecule has 0 heterocycles. The Balaban J connectivity index is 2.26. The van der Waals surface area contributed by atoms with Crippen LogP contribution in [0.4, 0.5) is 0 Å². The van der Waals surface area contributed by atoms with Crippen molar-refractivity contribution in [3.8, 4) is 0 Å². The topological polar surface area (TPSA) is 46.3 Å². The van der Waals surface area contributed by atoms with Crippen LogP contribution < -0.4 is 5.73 Å². The summed E-state index contributed by atoms with van der Waals surface area (Å²) >= 11 is 4.97. The number of rotatable bonds is 4. The number of aryl methyl sites for hydroxylation is 1. The number of thiocarbonyl (C=S) groups is 1. The summed E-state index contributed by atoms with van der Waals surface area (Å²) in [4.78, 5) is 15.0. The van der Waals surface area contributed by atoms with Crippen LogP contribution in [0.1, 0.15) is 43.7 Å². The number of hydrogen-bond donors (Lipinski definition) is 1. The van der Waals surface area contributed by atoms with E-state index in [1.165, 1.54) is 11.1 Å². The van der Waals surface area contributed by atoms with E-state index in [4.69, 9.17) is 18.0 Å². The lowest BCUT2D eigenvalue weighted by Gasteiger charge is -2.33. The summed E-state index contributed by atoms with van der Waals surface area (Å²) < 4.78 is 0. The Hall–Kier alpha value is -1.42. The maximum absolute atomic E-state index is 12.8. The third-order valence-corrected chi connectivity index (χ3v) is 4.03. The first-order valence-corrected chi connectivity index (χ1v) is 7.58. The lowest BCUT2D eigenvalue weighted by molar-refractivity contribution is -0.134. The first kappa shape index (κ1) is 15.0. The van der Waals surface area contributed by atoms with Crippen LogP contribution in [0.5, 0.6) is 0 Å². The molecule has 1 atom stereocenters. The smallest absolute Gasteiger partial charge is 0.230 e. The van der Waals surface area contributed by atoms with Crippen molar-refractivity contribution in [2.24, 2.45) is 5.73 Å². The van der Waals surface area contributed by atoms with Gasteiger partial charge >= 0.3 is 0 Å². The van der Waals surface area contributed by atoms with Gasteiger partial charge in [-0.05, 0) is 44.2 Å². The highest BCUT2D eigenvalue weighted by Crippen LogP contribution is 2.33. The van der Waals surface area contributed by atoms with E-state index >= 15 is 0 Å². The van der Waals surface area contributed by atoms with Gasteiger partial charge in [0.25, 0.3) is 0 Å². The van der Waals surface area contributed by atoms with Crippen molar-refractivity contribution in [3.05, 3.63) is 35.4 Å². The molecule has 0 fully saturated rings. The zero-order chi connectivity index (χ0) is 14.7. The van der Waals surface area contributed by atoms with Gasteiger partial charge in [-0.2, -0.15) is 0 Å². The fourth-order valence-corrected chi connectivity index (χ4v) is 3.03. The number of carbonyl (C=O) groups excluding carboxylic acids is 1. The van der Waals surface area contributed by atoms with Crippen molar-refractivity contribution < 1.29 is 4.79 Å². The fourth-order valence-electron chi connectivity index (χ4n) is 2.89. The van der Waals surface area contributed by atoms with Crippen LogP contribution in [-0.4, -0.2) is 28.4 Å². The Morgan fingerprint density at radius 3 is 2.80 bits per heavy atom. The Labute approximate surface area is 126 Å². The van der Waals surface area contributed by atoms with Crippen LogP contribution in [0.25, 0.3) is 0 Å². The summed E-state index contributed by atoms with van der Waals surface area (Å²) in [5.74, 6) is 0.108. The molecule has 0 spiro atoms. The minimum atomic E-state index is -0.0447. The molecule has 1 unspecified atom stereocenters. The Kier molecular flexibility index (Phi) is 4.76. The largest absolute Gasteiger partial charge is 0.392 e. The summed E-state index contributed by atoms with van der Waals surface area (Å²) in [5, 5.41) is 0. The molecule has 1 aliphatic rings. The minimum absolute atomic E-state index is 0.0447. The van der Waals surface area contributed by atoms with Crippen LogP contribution in [0.2, 0.25) is 0 Å². The maximum Gasteiger partial charge on any atom is 0.230 e. The van der Waals surface area contributed by atoms with E-state index in [0.717, 1.165) is 19.3 Å². The molecule has 3 nitrogen and oxygen atoms in total. The van der Waals surface area contributed by atoms with Crippen LogP contribution in [0.3, 0.4) is 0 Å². The normalized spacial score (nSPS) is 17.6. The van der Waals surface area contributed by atoms with Gasteiger partial charge in [-0.15, -0.1) is 0 Å². The summed E-state index contributed by atoms with van der Waals surface area (Å²) in [7, 11) is 0. The third-order valence-electron chi connectivity index (χ3n) is 3.90. The molecule has 0 saturated heterocycles. The van der Waals surface area contributed by atoms with E-state index in [9.17, 15) is 4.79 Å². The predicted octanol–water partition coefficient (Wildman–Crippen LogP) is 2.63. The Morgan fingerprint density at radius 1 is 1.45 bits per heavy atom. The number of benzene rings is 1. The molecule has 0 aliphatic heterocycles. The molecule has 2 N–H and O–H groups in total. The molecule has 1 aliphatic carbocycles. The second kappa shape index (κ2) is 6.35. The number of nitrogens with zero attached hydrogens (tertiary/aromatic N) is 1. The van der Waals surface area contributed by atoms with Gasteiger partial charge in [0.2, 0.25) is 5.91 Å². The van der Waals surface area contributed by atoms with Gasteiger partial charge in [-0.3, -0.25) is 4.79 Å². The lowest BCUT2D eigenvalue weighted by atomic mass is 9.82. The summed E-state index contributed by atoms with van der Waals surface area (Å²) in [6.07, 6.45) is 3.04. The number of fused-ring (bicyclic) bond motifs is 1. The van der Waals surface area contributed by atoms with Crippen LogP contribution >= 0.6 is 12.2 Å². The predicted molar refractivity (Wildman–Crippen MR) is 85.8 cm³/mol. The molecule has 0 bridgehead atoms. The number of nitrogens with two attached hydrogens (primary N) is 1. The van der Waals surface area contributed by atoms with E-state index in [2.05, 4.69) is 12.1 Å². The molecule has 20 heavy (non-hydrogen) atoms. The van der Waals surface area contributed by atoms with Crippen molar-refractivity contribution in [3.63, 3.8) is 0 Å². The van der Waals surface area contributed by atoms with Crippen molar-refractivity contribution in [2.75, 3.05) is 6.54 Å². The van der Waals surface area contributed by atoms with Crippen molar-refractivity contribution in [2.45, 2.75) is 45.1 Å². The summed E-state index contributed by atoms with van der Waals surface area (Å²) in [6, 6.07) is 8.37. The van der Waals surface area contributed by atoms with Gasteiger partial charge in [0.1, 0.15) is 0 Å². The standard InChI is InChI=1S/C16H22N2OS/c1-11(2)18(10-15(17)20)16(19)14-9-5-7-12-6-3-4-8-13(12)14/h3-4,6,8,11,14H,5,7,9-10H2,1-2H3,(H2,17,20). The molecule has 2 rings (SSSR count). The van der Waals surface area contributed by atoms with Gasteiger partial charge < -0.3 is 10.6 Å². The maximum atomic E-state index is 12.8. The molecule has 1 aromatic carbocycles. The summed E-state index contributed by atoms with van der Waals surface area (Å²) in [5.41, 5.74) is 8.11. The average Bonchev–Trinajstić information content (AvgIpc) is 2.43. The zero-order valence-electron chi connectivity index (χ0n) is 12.1. The quantitative estimate of drug-likeness (QED) is 0.867. The minimum Gasteiger partial charge on any atom is -0.392 e. The third kappa shape index (κ3) is 3.18. The monoisotopic (exact) mass is 290 g/mol. The fraction of sp³-hybridized carbons (Fsp3) is 0.500. The van der Waals surface area contributed by atoms with Crippen molar-refractivity contribution >= 4 is 23.1 Å². The number of amides is 1. The average molecular weight is 290 g/mol. The molecule has 1 aromatic rings. The molecule has 0 saturated carbocycles. The highest BCUT2D eigenvalue weighted by Gasteiger charge is 2.31. The first-order chi connectivity index (χ1) is 9.50. The molecule has 0 aromatic heterocycles. The van der Waals surface area contributed by atoms with E-state index in [1.807, 2.05) is 26.0 Å². The number of carbonyl (C=O) groups is 1. The van der Waals surface area contributed by atoms with Crippen LogP contribution in [-0.2, 0) is 11.2 Å². The van der Waals surface area contributed by atoms with Gasteiger partial charge in [0.15, 0.2) is 0 Å². The lowest BCUT2D eigenvalue weighted by Crippen LogP contribution is -2.45. The van der Waals surface area contributed by atoms with Crippen LogP contribution in [0.15, 0.2) is 24.3 Å². The van der Waals surface area contributed by atoms with E-state index < -0.39 is 0 Å². The van der Waals surface area contributed by atoms with Gasteiger partial charge in [0, 0.05) is 6.04 Å². The van der Waals surface area contributed by atoms with E-state index in [1.54, 1.807) is 4.90 Å². The van der Waals surface area contributed by atoms with Crippen molar-refractivity contribution in [1.29, 1.82) is 0 Å². The Morgan fingerprint density at radius 2 is 2.15 bits per heavy atom. The molecular formula is C16H22N2OS. The molecule has 1 amide bonds. The molecule has 108 valence electrons. The first-order valence-electron chi connectivity index (χ1n) is 7.17. The second-order valence-corrected chi connectivity index (χ2v) is 6.19. The highest BCUT2D eigenvalue weighted by molar-refractivity contribution is 7.80. The highest BCUT2D eigenvalue weighted by atomic mass is 32.1. The van der Waals surface area contributed by atoms with Gasteiger partial charge in [-0.1, -0.05) is 36.5 Å². The van der Waals surface area contributed by atoms with Gasteiger partial charge in [-0.25, -0.2) is 0 Å². The Bertz CT molecular complexity index is 513. The molecule has 4 heteroatoms. The number of hydrogen-bond acceptors (Lipinski definition) is 2. The van der Waals surface area contributed by atoms with Gasteiger partial charge in [0.05, 0.1) is 17.5 Å². The van der Waals surface area contributed by atoms with E-state index in [0.29, 0.717) is 11.5 Å². The molecular weight excluding hydrogens is 268 g/mol. The van der Waals surface area contributed by atoms with Crippen molar-refractivity contribution in [1.82, 2.24) is 4.90 Å². The summed E-state index contributed by atoms with van der Waals surface area (Å²) in [6.45, 7) is 4.38. The SMILES string of the molecule is CC(C)N(CC(N)=S)C(=O)C1CCCc2ccccc21. The van der Waals surface area contributed by atoms with Crippen LogP contribution in [0, 0.1) is 0 Å².